The van der Waals surface area contributed by atoms with E-state index in [1.807, 2.05) is 50.2 Å². The van der Waals surface area contributed by atoms with Gasteiger partial charge in [-0.25, -0.2) is 8.42 Å². The molecule has 0 aromatic heterocycles. The molecule has 0 heterocycles. The molecule has 0 saturated heterocycles. The van der Waals surface area contributed by atoms with Crippen molar-refractivity contribution < 1.29 is 17.9 Å². The third-order valence-corrected chi connectivity index (χ3v) is 5.74. The minimum Gasteiger partial charge on any atom is -0.494 e. The lowest BCUT2D eigenvalue weighted by molar-refractivity contribution is -0.120. The van der Waals surface area contributed by atoms with E-state index in [4.69, 9.17) is 4.74 Å². The summed E-state index contributed by atoms with van der Waals surface area (Å²) in [4.78, 5) is 12.6. The van der Waals surface area contributed by atoms with Gasteiger partial charge in [0, 0.05) is 0 Å². The lowest BCUT2D eigenvalue weighted by atomic mass is 10.0. The largest absolute Gasteiger partial charge is 0.494 e. The van der Waals surface area contributed by atoms with Crippen molar-refractivity contribution in [3.8, 4) is 5.75 Å². The van der Waals surface area contributed by atoms with Gasteiger partial charge in [0.2, 0.25) is 15.9 Å². The third kappa shape index (κ3) is 6.49. The minimum atomic E-state index is -3.60. The zero-order chi connectivity index (χ0) is 21.6. The molecule has 6 nitrogen and oxygen atoms in total. The van der Waals surface area contributed by atoms with Crippen LogP contribution in [0.15, 0.2) is 48.5 Å². The standard InChI is InChI=1S/C22H30N2O4S/c1-6-28-21-13-9-19(10-14-21)17(4)23-22(25)15-24(29(5,26)27)20-11-7-18(8-12-20)16(2)3/h7-14,16-17H,6,15H2,1-5H3,(H,23,25)/t17-/m0/s1. The molecule has 0 saturated carbocycles. The normalized spacial score (nSPS) is 12.5. The van der Waals surface area contributed by atoms with Crippen LogP contribution in [-0.4, -0.2) is 33.7 Å². The second-order valence-corrected chi connectivity index (χ2v) is 9.21. The highest BCUT2D eigenvalue weighted by Gasteiger charge is 2.22. The lowest BCUT2D eigenvalue weighted by Crippen LogP contribution is -2.41. The molecule has 0 radical (unpaired) electrons. The molecule has 7 heteroatoms. The highest BCUT2D eigenvalue weighted by atomic mass is 32.2. The van der Waals surface area contributed by atoms with Gasteiger partial charge in [-0.1, -0.05) is 38.1 Å². The van der Waals surface area contributed by atoms with E-state index in [1.54, 1.807) is 12.1 Å². The van der Waals surface area contributed by atoms with Crippen LogP contribution in [0, 0.1) is 0 Å². The SMILES string of the molecule is CCOc1ccc([C@H](C)NC(=O)CN(c2ccc(C(C)C)cc2)S(C)(=O)=O)cc1. The van der Waals surface area contributed by atoms with Gasteiger partial charge in [0.25, 0.3) is 0 Å². The topological polar surface area (TPSA) is 75.7 Å². The Morgan fingerprint density at radius 2 is 1.55 bits per heavy atom. The van der Waals surface area contributed by atoms with Gasteiger partial charge < -0.3 is 10.1 Å². The molecule has 1 amide bonds. The van der Waals surface area contributed by atoms with Crippen LogP contribution in [0.25, 0.3) is 0 Å². The van der Waals surface area contributed by atoms with Crippen LogP contribution in [0.5, 0.6) is 5.75 Å². The number of hydrogen-bond acceptors (Lipinski definition) is 4. The second kappa shape index (κ2) is 9.78. The molecule has 2 rings (SSSR count). The Balaban J connectivity index is 2.09. The highest BCUT2D eigenvalue weighted by molar-refractivity contribution is 7.92. The van der Waals surface area contributed by atoms with Crippen LogP contribution in [-0.2, 0) is 14.8 Å². The summed E-state index contributed by atoms with van der Waals surface area (Å²) in [6, 6.07) is 14.4. The molecule has 0 aliphatic rings. The van der Waals surface area contributed by atoms with E-state index in [0.717, 1.165) is 27.4 Å². The molecule has 158 valence electrons. The highest BCUT2D eigenvalue weighted by Crippen LogP contribution is 2.22. The summed E-state index contributed by atoms with van der Waals surface area (Å²) in [7, 11) is -3.60. The van der Waals surface area contributed by atoms with Crippen LogP contribution >= 0.6 is 0 Å². The molecule has 0 unspecified atom stereocenters. The number of nitrogens with one attached hydrogen (secondary N) is 1. The maximum absolute atomic E-state index is 12.6. The average Bonchev–Trinajstić information content (AvgIpc) is 2.66. The first-order valence-corrected chi connectivity index (χ1v) is 11.6. The maximum Gasteiger partial charge on any atom is 0.241 e. The summed E-state index contributed by atoms with van der Waals surface area (Å²) in [5.41, 5.74) is 2.49. The van der Waals surface area contributed by atoms with E-state index in [0.29, 0.717) is 18.2 Å². The molecular weight excluding hydrogens is 388 g/mol. The van der Waals surface area contributed by atoms with Gasteiger partial charge in [-0.2, -0.15) is 0 Å². The van der Waals surface area contributed by atoms with Gasteiger partial charge in [0.15, 0.2) is 0 Å². The van der Waals surface area contributed by atoms with Crippen molar-refractivity contribution in [2.75, 3.05) is 23.7 Å². The third-order valence-electron chi connectivity index (χ3n) is 4.60. The Bertz CT molecular complexity index is 907. The number of ether oxygens (including phenoxy) is 1. The Morgan fingerprint density at radius 3 is 2.03 bits per heavy atom. The molecule has 1 N–H and O–H groups in total. The van der Waals surface area contributed by atoms with Crippen molar-refractivity contribution in [3.63, 3.8) is 0 Å². The van der Waals surface area contributed by atoms with Gasteiger partial charge in [-0.15, -0.1) is 0 Å². The van der Waals surface area contributed by atoms with E-state index in [9.17, 15) is 13.2 Å². The molecule has 0 aliphatic carbocycles. The first-order valence-electron chi connectivity index (χ1n) is 9.71. The molecule has 1 atom stereocenters. The zero-order valence-corrected chi connectivity index (χ0v) is 18.5. The number of amides is 1. The monoisotopic (exact) mass is 418 g/mol. The van der Waals surface area contributed by atoms with Crippen LogP contribution in [0.2, 0.25) is 0 Å². The smallest absolute Gasteiger partial charge is 0.241 e. The summed E-state index contributed by atoms with van der Waals surface area (Å²) < 4.78 is 31.1. The number of carbonyl (C=O) groups is 1. The fraction of sp³-hybridized carbons (Fsp3) is 0.409. The van der Waals surface area contributed by atoms with Crippen molar-refractivity contribution >= 4 is 21.6 Å². The fourth-order valence-corrected chi connectivity index (χ4v) is 3.80. The van der Waals surface area contributed by atoms with Gasteiger partial charge in [-0.05, 0) is 55.2 Å². The number of sulfonamides is 1. The molecule has 29 heavy (non-hydrogen) atoms. The van der Waals surface area contributed by atoms with Gasteiger partial charge >= 0.3 is 0 Å². The number of benzene rings is 2. The van der Waals surface area contributed by atoms with Crippen LogP contribution in [0.1, 0.15) is 50.8 Å². The summed E-state index contributed by atoms with van der Waals surface area (Å²) in [5, 5.41) is 2.86. The lowest BCUT2D eigenvalue weighted by Gasteiger charge is -2.23. The van der Waals surface area contributed by atoms with Crippen LogP contribution < -0.4 is 14.4 Å². The first kappa shape index (κ1) is 22.7. The van der Waals surface area contributed by atoms with Crippen LogP contribution in [0.4, 0.5) is 5.69 Å². The molecular formula is C22H30N2O4S. The Hall–Kier alpha value is -2.54. The van der Waals surface area contributed by atoms with E-state index < -0.39 is 10.0 Å². The average molecular weight is 419 g/mol. The maximum atomic E-state index is 12.6. The molecule has 2 aromatic rings. The van der Waals surface area contributed by atoms with E-state index in [2.05, 4.69) is 19.2 Å². The Kier molecular flexibility index (Phi) is 7.67. The number of carbonyl (C=O) groups excluding carboxylic acids is 1. The first-order chi connectivity index (χ1) is 13.6. The van der Waals surface area contributed by atoms with E-state index >= 15 is 0 Å². The summed E-state index contributed by atoms with van der Waals surface area (Å²) >= 11 is 0. The molecule has 0 fully saturated rings. The van der Waals surface area contributed by atoms with Crippen molar-refractivity contribution in [3.05, 3.63) is 59.7 Å². The summed E-state index contributed by atoms with van der Waals surface area (Å²) in [5.74, 6) is 0.738. The quantitative estimate of drug-likeness (QED) is 0.671. The number of rotatable bonds is 9. The molecule has 0 bridgehead atoms. The molecule has 2 aromatic carbocycles. The summed E-state index contributed by atoms with van der Waals surface area (Å²) in [6.07, 6.45) is 1.10. The van der Waals surface area contributed by atoms with Gasteiger partial charge in [0.1, 0.15) is 12.3 Å². The predicted octanol–water partition coefficient (Wildman–Crippen LogP) is 3.85. The molecule has 0 spiro atoms. The van der Waals surface area contributed by atoms with E-state index in [-0.39, 0.29) is 18.5 Å². The van der Waals surface area contributed by atoms with Gasteiger partial charge in [0.05, 0.1) is 24.6 Å². The van der Waals surface area contributed by atoms with Crippen molar-refractivity contribution in [1.29, 1.82) is 0 Å². The Labute approximate surface area is 173 Å². The number of nitrogens with zero attached hydrogens (tertiary/aromatic N) is 1. The zero-order valence-electron chi connectivity index (χ0n) is 17.7. The minimum absolute atomic E-state index is 0.261. The van der Waals surface area contributed by atoms with Crippen molar-refractivity contribution in [2.45, 2.75) is 39.7 Å². The predicted molar refractivity (Wildman–Crippen MR) is 117 cm³/mol. The number of anilines is 1. The van der Waals surface area contributed by atoms with Crippen molar-refractivity contribution in [1.82, 2.24) is 5.32 Å². The number of hydrogen-bond donors (Lipinski definition) is 1. The molecule has 0 aliphatic heterocycles. The Morgan fingerprint density at radius 1 is 1.00 bits per heavy atom. The summed E-state index contributed by atoms with van der Waals surface area (Å²) in [6.45, 7) is 8.22. The van der Waals surface area contributed by atoms with Gasteiger partial charge in [-0.3, -0.25) is 9.10 Å². The second-order valence-electron chi connectivity index (χ2n) is 7.31. The van der Waals surface area contributed by atoms with E-state index in [1.165, 1.54) is 0 Å². The van der Waals surface area contributed by atoms with Crippen LogP contribution in [0.3, 0.4) is 0 Å². The van der Waals surface area contributed by atoms with Crippen molar-refractivity contribution in [2.24, 2.45) is 0 Å². The fourth-order valence-electron chi connectivity index (χ4n) is 2.95.